The van der Waals surface area contributed by atoms with Gasteiger partial charge < -0.3 is 15.0 Å². The lowest BCUT2D eigenvalue weighted by Crippen LogP contribution is -2.31. The molecule has 5 nitrogen and oxygen atoms in total. The molecule has 23 heavy (non-hydrogen) atoms. The summed E-state index contributed by atoms with van der Waals surface area (Å²) in [6.07, 6.45) is 1.20. The Morgan fingerprint density at radius 2 is 1.96 bits per heavy atom. The number of amides is 2. The van der Waals surface area contributed by atoms with Gasteiger partial charge in [-0.2, -0.15) is 0 Å². The first-order valence-electron chi connectivity index (χ1n) is 7.50. The average molecular weight is 310 g/mol. The number of nitrogens with zero attached hydrogens (tertiary/aromatic N) is 1. The maximum atomic E-state index is 12.0. The highest BCUT2D eigenvalue weighted by Gasteiger charge is 2.20. The van der Waals surface area contributed by atoms with E-state index in [1.165, 1.54) is 0 Å². The molecule has 0 aliphatic carbocycles. The van der Waals surface area contributed by atoms with Gasteiger partial charge in [0.2, 0.25) is 5.91 Å². The predicted molar refractivity (Wildman–Crippen MR) is 88.7 cm³/mol. The SMILES string of the molecule is CN1C(=O)CCc2cc(NC(=O)COc3ccccc3)ccc21. The standard InChI is InChI=1S/C18H18N2O3/c1-20-16-9-8-14(11-13(16)7-10-18(20)22)19-17(21)12-23-15-5-3-2-4-6-15/h2-6,8-9,11H,7,10,12H2,1H3,(H,19,21). The topological polar surface area (TPSA) is 58.6 Å². The van der Waals surface area contributed by atoms with Crippen LogP contribution in [0.25, 0.3) is 0 Å². The molecule has 1 N–H and O–H groups in total. The van der Waals surface area contributed by atoms with Crippen LogP contribution in [0.5, 0.6) is 5.75 Å². The molecule has 2 aromatic carbocycles. The molecule has 2 aromatic rings. The Morgan fingerprint density at radius 1 is 1.17 bits per heavy atom. The molecule has 118 valence electrons. The molecular weight excluding hydrogens is 292 g/mol. The van der Waals surface area contributed by atoms with Crippen molar-refractivity contribution < 1.29 is 14.3 Å². The van der Waals surface area contributed by atoms with Crippen LogP contribution in [0, 0.1) is 0 Å². The predicted octanol–water partition coefficient (Wildman–Crippen LogP) is 2.61. The second kappa shape index (κ2) is 6.52. The first kappa shape index (κ1) is 15.1. The molecule has 3 rings (SSSR count). The van der Waals surface area contributed by atoms with Gasteiger partial charge in [0.1, 0.15) is 5.75 Å². The molecule has 0 radical (unpaired) electrons. The van der Waals surface area contributed by atoms with Crippen molar-refractivity contribution in [3.8, 4) is 5.75 Å². The Labute approximate surface area is 134 Å². The smallest absolute Gasteiger partial charge is 0.262 e. The average Bonchev–Trinajstić information content (AvgIpc) is 2.57. The van der Waals surface area contributed by atoms with Crippen LogP contribution < -0.4 is 15.0 Å². The van der Waals surface area contributed by atoms with Crippen LogP contribution >= 0.6 is 0 Å². The first-order valence-corrected chi connectivity index (χ1v) is 7.50. The summed E-state index contributed by atoms with van der Waals surface area (Å²) >= 11 is 0. The summed E-state index contributed by atoms with van der Waals surface area (Å²) in [7, 11) is 1.77. The largest absolute Gasteiger partial charge is 0.484 e. The van der Waals surface area contributed by atoms with Crippen LogP contribution in [0.2, 0.25) is 0 Å². The minimum Gasteiger partial charge on any atom is -0.484 e. The summed E-state index contributed by atoms with van der Waals surface area (Å²) in [6.45, 7) is -0.0422. The fourth-order valence-electron chi connectivity index (χ4n) is 2.60. The molecule has 1 heterocycles. The first-order chi connectivity index (χ1) is 11.1. The quantitative estimate of drug-likeness (QED) is 0.944. The molecule has 0 unspecified atom stereocenters. The van der Waals surface area contributed by atoms with E-state index in [2.05, 4.69) is 5.32 Å². The van der Waals surface area contributed by atoms with Crippen LogP contribution in [-0.2, 0) is 16.0 Å². The van der Waals surface area contributed by atoms with Crippen molar-refractivity contribution in [3.05, 3.63) is 54.1 Å². The Balaban J connectivity index is 1.62. The van der Waals surface area contributed by atoms with Gasteiger partial charge in [0.25, 0.3) is 5.91 Å². The van der Waals surface area contributed by atoms with Crippen molar-refractivity contribution in [1.82, 2.24) is 0 Å². The fourth-order valence-corrected chi connectivity index (χ4v) is 2.60. The number of rotatable bonds is 4. The number of benzene rings is 2. The number of hydrogen-bond acceptors (Lipinski definition) is 3. The Bertz CT molecular complexity index is 728. The molecule has 0 atom stereocenters. The second-order valence-corrected chi connectivity index (χ2v) is 5.45. The van der Waals surface area contributed by atoms with E-state index in [1.807, 2.05) is 30.3 Å². The minimum atomic E-state index is -0.214. The molecule has 0 spiro atoms. The number of ether oxygens (including phenoxy) is 1. The van der Waals surface area contributed by atoms with E-state index in [0.717, 1.165) is 11.3 Å². The number of hydrogen-bond donors (Lipinski definition) is 1. The molecule has 1 aliphatic heterocycles. The van der Waals surface area contributed by atoms with E-state index in [9.17, 15) is 9.59 Å². The van der Waals surface area contributed by atoms with Gasteiger partial charge >= 0.3 is 0 Å². The molecule has 0 saturated carbocycles. The third-order valence-electron chi connectivity index (χ3n) is 3.82. The van der Waals surface area contributed by atoms with Gasteiger partial charge in [-0.05, 0) is 42.3 Å². The van der Waals surface area contributed by atoms with E-state index in [0.29, 0.717) is 24.3 Å². The highest BCUT2D eigenvalue weighted by Crippen LogP contribution is 2.29. The minimum absolute atomic E-state index is 0.0422. The summed E-state index contributed by atoms with van der Waals surface area (Å²) in [4.78, 5) is 25.3. The molecule has 5 heteroatoms. The van der Waals surface area contributed by atoms with Gasteiger partial charge in [0.15, 0.2) is 6.61 Å². The molecule has 2 amide bonds. The van der Waals surface area contributed by atoms with Gasteiger partial charge in [-0.1, -0.05) is 18.2 Å². The molecule has 1 aliphatic rings. The van der Waals surface area contributed by atoms with Crippen LogP contribution in [0.15, 0.2) is 48.5 Å². The van der Waals surface area contributed by atoms with Crippen LogP contribution in [0.3, 0.4) is 0 Å². The maximum absolute atomic E-state index is 12.0. The summed E-state index contributed by atoms with van der Waals surface area (Å²) in [5.74, 6) is 0.563. The fraction of sp³-hybridized carbons (Fsp3) is 0.222. The number of carbonyl (C=O) groups excluding carboxylic acids is 2. The summed E-state index contributed by atoms with van der Waals surface area (Å²) in [6, 6.07) is 14.8. The highest BCUT2D eigenvalue weighted by atomic mass is 16.5. The molecular formula is C18H18N2O3. The monoisotopic (exact) mass is 310 g/mol. The molecule has 0 fully saturated rings. The van der Waals surface area contributed by atoms with E-state index >= 15 is 0 Å². The normalized spacial score (nSPS) is 13.4. The van der Waals surface area contributed by atoms with Gasteiger partial charge in [-0.25, -0.2) is 0 Å². The van der Waals surface area contributed by atoms with Crippen molar-refractivity contribution in [2.75, 3.05) is 23.9 Å². The third-order valence-corrected chi connectivity index (χ3v) is 3.82. The lowest BCUT2D eigenvalue weighted by Gasteiger charge is -2.26. The zero-order valence-electron chi connectivity index (χ0n) is 12.9. The lowest BCUT2D eigenvalue weighted by molar-refractivity contribution is -0.119. The zero-order chi connectivity index (χ0) is 16.2. The van der Waals surface area contributed by atoms with Gasteiger partial charge in [-0.15, -0.1) is 0 Å². The lowest BCUT2D eigenvalue weighted by atomic mass is 10.0. The number of aryl methyl sites for hydroxylation is 1. The Hall–Kier alpha value is -2.82. The van der Waals surface area contributed by atoms with E-state index < -0.39 is 0 Å². The summed E-state index contributed by atoms with van der Waals surface area (Å²) in [5.41, 5.74) is 2.68. The van der Waals surface area contributed by atoms with Crippen molar-refractivity contribution in [1.29, 1.82) is 0 Å². The van der Waals surface area contributed by atoms with Crippen molar-refractivity contribution >= 4 is 23.2 Å². The van der Waals surface area contributed by atoms with Gasteiger partial charge in [0, 0.05) is 24.8 Å². The Kier molecular flexibility index (Phi) is 4.28. The zero-order valence-corrected chi connectivity index (χ0v) is 12.9. The summed E-state index contributed by atoms with van der Waals surface area (Å²) < 4.78 is 5.42. The summed E-state index contributed by atoms with van der Waals surface area (Å²) in [5, 5.41) is 2.82. The van der Waals surface area contributed by atoms with E-state index in [4.69, 9.17) is 4.74 Å². The highest BCUT2D eigenvalue weighted by molar-refractivity contribution is 5.97. The third kappa shape index (κ3) is 3.51. The van der Waals surface area contributed by atoms with Gasteiger partial charge in [0.05, 0.1) is 0 Å². The van der Waals surface area contributed by atoms with Crippen LogP contribution in [0.1, 0.15) is 12.0 Å². The Morgan fingerprint density at radius 3 is 2.74 bits per heavy atom. The van der Waals surface area contributed by atoms with Crippen molar-refractivity contribution in [2.24, 2.45) is 0 Å². The maximum Gasteiger partial charge on any atom is 0.262 e. The van der Waals surface area contributed by atoms with E-state index in [-0.39, 0.29) is 18.4 Å². The van der Waals surface area contributed by atoms with Gasteiger partial charge in [-0.3, -0.25) is 9.59 Å². The number of nitrogens with one attached hydrogen (secondary N) is 1. The van der Waals surface area contributed by atoms with E-state index in [1.54, 1.807) is 30.1 Å². The van der Waals surface area contributed by atoms with Crippen molar-refractivity contribution in [3.63, 3.8) is 0 Å². The molecule has 0 aromatic heterocycles. The number of para-hydroxylation sites is 1. The number of anilines is 2. The molecule has 0 bridgehead atoms. The number of carbonyl (C=O) groups is 2. The second-order valence-electron chi connectivity index (χ2n) is 5.45. The van der Waals surface area contributed by atoms with Crippen LogP contribution in [0.4, 0.5) is 11.4 Å². The van der Waals surface area contributed by atoms with Crippen molar-refractivity contribution in [2.45, 2.75) is 12.8 Å². The number of fused-ring (bicyclic) bond motifs is 1. The molecule has 0 saturated heterocycles. The van der Waals surface area contributed by atoms with Crippen LogP contribution in [-0.4, -0.2) is 25.5 Å².